The molecule has 19 heavy (non-hydrogen) atoms. The third kappa shape index (κ3) is 3.92. The second-order valence-electron chi connectivity index (χ2n) is 4.42. The van der Waals surface area contributed by atoms with Gasteiger partial charge in [-0.3, -0.25) is 14.5 Å². The first-order chi connectivity index (χ1) is 9.06. The highest BCUT2D eigenvalue weighted by molar-refractivity contribution is 7.17. The quantitative estimate of drug-likeness (QED) is 0.922. The van der Waals surface area contributed by atoms with Crippen molar-refractivity contribution in [2.45, 2.75) is 6.42 Å². The summed E-state index contributed by atoms with van der Waals surface area (Å²) in [4.78, 5) is 27.2. The van der Waals surface area contributed by atoms with Crippen molar-refractivity contribution >= 4 is 34.8 Å². The highest BCUT2D eigenvalue weighted by Crippen LogP contribution is 2.23. The van der Waals surface area contributed by atoms with Crippen LogP contribution in [-0.4, -0.2) is 59.5 Å². The number of carboxylic acid groups (broad SMARTS) is 1. The predicted molar refractivity (Wildman–Crippen MR) is 73.9 cm³/mol. The maximum Gasteiger partial charge on any atom is 0.317 e. The minimum atomic E-state index is -0.829. The molecule has 1 aliphatic rings. The Kier molecular flexibility index (Phi) is 4.79. The fourth-order valence-electron chi connectivity index (χ4n) is 2.11. The lowest BCUT2D eigenvalue weighted by Crippen LogP contribution is -2.36. The third-order valence-corrected chi connectivity index (χ3v) is 4.24. The summed E-state index contributed by atoms with van der Waals surface area (Å²) in [6, 6.07) is 3.45. The Labute approximate surface area is 120 Å². The normalized spacial score (nSPS) is 17.2. The number of thiophene rings is 1. The van der Waals surface area contributed by atoms with Crippen molar-refractivity contribution in [1.29, 1.82) is 0 Å². The summed E-state index contributed by atoms with van der Waals surface area (Å²) in [6.07, 6.45) is 0.790. The number of carbonyl (C=O) groups excluding carboxylic acids is 1. The Morgan fingerprint density at radius 3 is 2.68 bits per heavy atom. The van der Waals surface area contributed by atoms with Crippen molar-refractivity contribution in [3.8, 4) is 0 Å². The van der Waals surface area contributed by atoms with E-state index in [0.717, 1.165) is 6.42 Å². The summed E-state index contributed by atoms with van der Waals surface area (Å²) in [7, 11) is 0. The molecule has 0 saturated carbocycles. The molecule has 0 unspecified atom stereocenters. The first-order valence-electron chi connectivity index (χ1n) is 6.05. The number of rotatable bonds is 3. The summed E-state index contributed by atoms with van der Waals surface area (Å²) in [5.74, 6) is -0.848. The summed E-state index contributed by atoms with van der Waals surface area (Å²) >= 11 is 7.10. The van der Waals surface area contributed by atoms with Gasteiger partial charge in [-0.05, 0) is 18.6 Å². The van der Waals surface area contributed by atoms with Gasteiger partial charge in [0.2, 0.25) is 0 Å². The van der Waals surface area contributed by atoms with Gasteiger partial charge >= 0.3 is 5.97 Å². The number of hydrogen-bond acceptors (Lipinski definition) is 4. The van der Waals surface area contributed by atoms with Gasteiger partial charge in [-0.2, -0.15) is 0 Å². The number of carbonyl (C=O) groups is 2. The van der Waals surface area contributed by atoms with Gasteiger partial charge in [-0.25, -0.2) is 0 Å². The maximum atomic E-state index is 12.2. The minimum Gasteiger partial charge on any atom is -0.480 e. The van der Waals surface area contributed by atoms with E-state index in [2.05, 4.69) is 0 Å². The molecule has 1 N–H and O–H groups in total. The maximum absolute atomic E-state index is 12.2. The topological polar surface area (TPSA) is 60.9 Å². The molecular formula is C12H15ClN2O3S. The van der Waals surface area contributed by atoms with Gasteiger partial charge in [0, 0.05) is 26.2 Å². The van der Waals surface area contributed by atoms with Gasteiger partial charge in [0.25, 0.3) is 5.91 Å². The van der Waals surface area contributed by atoms with E-state index in [4.69, 9.17) is 16.7 Å². The van der Waals surface area contributed by atoms with Crippen LogP contribution in [0, 0.1) is 0 Å². The van der Waals surface area contributed by atoms with Gasteiger partial charge in [-0.15, -0.1) is 11.3 Å². The lowest BCUT2D eigenvalue weighted by molar-refractivity contribution is -0.138. The van der Waals surface area contributed by atoms with Crippen LogP contribution in [0.3, 0.4) is 0 Å². The average Bonchev–Trinajstić information content (AvgIpc) is 2.65. The van der Waals surface area contributed by atoms with Crippen LogP contribution in [0.5, 0.6) is 0 Å². The van der Waals surface area contributed by atoms with E-state index in [1.54, 1.807) is 17.0 Å². The number of aliphatic carboxylic acids is 1. The number of hydrogen-bond donors (Lipinski definition) is 1. The monoisotopic (exact) mass is 302 g/mol. The van der Waals surface area contributed by atoms with Crippen molar-refractivity contribution in [3.63, 3.8) is 0 Å². The van der Waals surface area contributed by atoms with Crippen LogP contribution in [0.25, 0.3) is 0 Å². The molecule has 0 spiro atoms. The molecular weight excluding hydrogens is 288 g/mol. The summed E-state index contributed by atoms with van der Waals surface area (Å²) in [6.45, 7) is 2.55. The Bertz CT molecular complexity index is 477. The molecule has 5 nitrogen and oxygen atoms in total. The largest absolute Gasteiger partial charge is 0.480 e. The van der Waals surface area contributed by atoms with Crippen molar-refractivity contribution < 1.29 is 14.7 Å². The molecule has 1 aromatic rings. The van der Waals surface area contributed by atoms with E-state index in [1.807, 2.05) is 4.90 Å². The molecule has 1 saturated heterocycles. The van der Waals surface area contributed by atoms with Crippen LogP contribution < -0.4 is 0 Å². The van der Waals surface area contributed by atoms with Gasteiger partial charge in [0.05, 0.1) is 15.8 Å². The second-order valence-corrected chi connectivity index (χ2v) is 6.13. The lowest BCUT2D eigenvalue weighted by Gasteiger charge is -2.20. The highest BCUT2D eigenvalue weighted by atomic mass is 35.5. The van der Waals surface area contributed by atoms with Gasteiger partial charge < -0.3 is 10.0 Å². The standard InChI is InChI=1S/C12H15ClN2O3S/c13-10-3-2-9(19-10)12(18)15-5-1-4-14(6-7-15)8-11(16)17/h2-3H,1,4-8H2,(H,16,17). The second kappa shape index (κ2) is 6.36. The van der Waals surface area contributed by atoms with Crippen molar-refractivity contribution in [1.82, 2.24) is 9.80 Å². The molecule has 1 amide bonds. The molecule has 0 atom stereocenters. The summed E-state index contributed by atoms with van der Waals surface area (Å²) in [5.41, 5.74) is 0. The van der Waals surface area contributed by atoms with Crippen LogP contribution in [0.1, 0.15) is 16.1 Å². The molecule has 0 aromatic carbocycles. The molecule has 2 rings (SSSR count). The van der Waals surface area contributed by atoms with E-state index in [0.29, 0.717) is 35.4 Å². The molecule has 1 aliphatic heterocycles. The Hall–Kier alpha value is -1.11. The first kappa shape index (κ1) is 14.3. The summed E-state index contributed by atoms with van der Waals surface area (Å²) < 4.78 is 0.602. The van der Waals surface area contributed by atoms with Crippen LogP contribution >= 0.6 is 22.9 Å². The van der Waals surface area contributed by atoms with Crippen molar-refractivity contribution in [3.05, 3.63) is 21.3 Å². The van der Waals surface area contributed by atoms with E-state index < -0.39 is 5.97 Å². The van der Waals surface area contributed by atoms with Crippen LogP contribution in [0.4, 0.5) is 0 Å². The molecule has 1 fully saturated rings. The zero-order chi connectivity index (χ0) is 13.8. The van der Waals surface area contributed by atoms with E-state index in [-0.39, 0.29) is 12.5 Å². The zero-order valence-corrected chi connectivity index (χ0v) is 11.9. The minimum absolute atomic E-state index is 0.0194. The summed E-state index contributed by atoms with van der Waals surface area (Å²) in [5, 5.41) is 8.78. The number of amides is 1. The Morgan fingerprint density at radius 2 is 2.05 bits per heavy atom. The van der Waals surface area contributed by atoms with E-state index in [9.17, 15) is 9.59 Å². The predicted octanol–water partition coefficient (Wildman–Crippen LogP) is 1.63. The molecule has 1 aromatic heterocycles. The van der Waals surface area contributed by atoms with Crippen molar-refractivity contribution in [2.75, 3.05) is 32.7 Å². The lowest BCUT2D eigenvalue weighted by atomic mass is 10.3. The molecule has 2 heterocycles. The van der Waals surface area contributed by atoms with Crippen LogP contribution in [0.15, 0.2) is 12.1 Å². The average molecular weight is 303 g/mol. The van der Waals surface area contributed by atoms with Crippen molar-refractivity contribution in [2.24, 2.45) is 0 Å². The van der Waals surface area contributed by atoms with E-state index >= 15 is 0 Å². The molecule has 0 bridgehead atoms. The molecule has 0 radical (unpaired) electrons. The third-order valence-electron chi connectivity index (χ3n) is 3.02. The molecule has 104 valence electrons. The van der Waals surface area contributed by atoms with Gasteiger partial charge in [0.1, 0.15) is 0 Å². The smallest absolute Gasteiger partial charge is 0.317 e. The van der Waals surface area contributed by atoms with Gasteiger partial charge in [-0.1, -0.05) is 11.6 Å². The van der Waals surface area contributed by atoms with E-state index in [1.165, 1.54) is 11.3 Å². The fraction of sp³-hybridized carbons (Fsp3) is 0.500. The first-order valence-corrected chi connectivity index (χ1v) is 7.24. The number of carboxylic acids is 1. The molecule has 7 heteroatoms. The van der Waals surface area contributed by atoms with Crippen LogP contribution in [-0.2, 0) is 4.79 Å². The Balaban J connectivity index is 1.95. The number of halogens is 1. The van der Waals surface area contributed by atoms with Crippen LogP contribution in [0.2, 0.25) is 4.34 Å². The number of nitrogens with zero attached hydrogens (tertiary/aromatic N) is 2. The SMILES string of the molecule is O=C(O)CN1CCCN(C(=O)c2ccc(Cl)s2)CC1. The van der Waals surface area contributed by atoms with Gasteiger partial charge in [0.15, 0.2) is 0 Å². The Morgan fingerprint density at radius 1 is 1.26 bits per heavy atom. The highest BCUT2D eigenvalue weighted by Gasteiger charge is 2.22. The zero-order valence-electron chi connectivity index (χ0n) is 10.3. The molecule has 0 aliphatic carbocycles. The fourth-order valence-corrected chi connectivity index (χ4v) is 3.12.